The Balaban J connectivity index is 1.62. The van der Waals surface area contributed by atoms with Crippen LogP contribution in [0.15, 0.2) is 47.7 Å². The third kappa shape index (κ3) is 3.96. The molecule has 5 nitrogen and oxygen atoms in total. The molecule has 1 N–H and O–H groups in total. The highest BCUT2D eigenvalue weighted by molar-refractivity contribution is 5.80. The van der Waals surface area contributed by atoms with Crippen molar-refractivity contribution in [2.45, 2.75) is 33.4 Å². The van der Waals surface area contributed by atoms with E-state index in [-0.39, 0.29) is 0 Å². The van der Waals surface area contributed by atoms with E-state index in [1.807, 2.05) is 25.5 Å². The first-order chi connectivity index (χ1) is 11.6. The fraction of sp³-hybridized carbons (Fsp3) is 0.474. The van der Waals surface area contributed by atoms with Crippen molar-refractivity contribution in [3.05, 3.63) is 54.1 Å². The minimum Gasteiger partial charge on any atom is -0.349 e. The van der Waals surface area contributed by atoms with Crippen LogP contribution >= 0.6 is 0 Å². The molecule has 1 aromatic heterocycles. The Bertz CT molecular complexity index is 687. The first kappa shape index (κ1) is 16.6. The lowest BCUT2D eigenvalue weighted by atomic mass is 9.93. The molecule has 1 aliphatic heterocycles. The Hall–Kier alpha value is -2.30. The zero-order valence-electron chi connectivity index (χ0n) is 14.9. The van der Waals surface area contributed by atoms with Crippen molar-refractivity contribution in [3.63, 3.8) is 0 Å². The van der Waals surface area contributed by atoms with Gasteiger partial charge in [-0.25, -0.2) is 4.98 Å². The molecule has 0 atom stereocenters. The number of guanidine groups is 1. The minimum absolute atomic E-state index is 0.364. The maximum absolute atomic E-state index is 4.50. The number of aliphatic imine (C=N–C) groups is 1. The van der Waals surface area contributed by atoms with Crippen LogP contribution in [0, 0.1) is 5.41 Å². The summed E-state index contributed by atoms with van der Waals surface area (Å²) in [4.78, 5) is 11.3. The van der Waals surface area contributed by atoms with Crippen molar-refractivity contribution < 1.29 is 0 Å². The maximum Gasteiger partial charge on any atom is 0.194 e. The van der Waals surface area contributed by atoms with Crippen molar-refractivity contribution in [2.75, 3.05) is 20.1 Å². The van der Waals surface area contributed by atoms with E-state index in [4.69, 9.17) is 0 Å². The van der Waals surface area contributed by atoms with Crippen LogP contribution in [0.1, 0.15) is 31.7 Å². The van der Waals surface area contributed by atoms with Gasteiger partial charge in [0.1, 0.15) is 5.82 Å². The van der Waals surface area contributed by atoms with Crippen LogP contribution in [0.3, 0.4) is 0 Å². The van der Waals surface area contributed by atoms with Crippen molar-refractivity contribution in [2.24, 2.45) is 10.4 Å². The molecule has 0 amide bonds. The van der Waals surface area contributed by atoms with Gasteiger partial charge in [-0.3, -0.25) is 4.99 Å². The molecule has 1 fully saturated rings. The Labute approximate surface area is 144 Å². The summed E-state index contributed by atoms with van der Waals surface area (Å²) in [6, 6.07) is 10.5. The van der Waals surface area contributed by atoms with Crippen LogP contribution in [0.2, 0.25) is 0 Å². The molecule has 1 aromatic carbocycles. The zero-order valence-corrected chi connectivity index (χ0v) is 14.9. The van der Waals surface area contributed by atoms with Crippen LogP contribution in [0.5, 0.6) is 0 Å². The second-order valence-corrected chi connectivity index (χ2v) is 7.19. The quantitative estimate of drug-likeness (QED) is 0.694. The molecule has 0 spiro atoms. The SMILES string of the molecule is CN=C(NCc1nccn1Cc1ccccc1)N1CCC(C)(C)C1. The summed E-state index contributed by atoms with van der Waals surface area (Å²) in [6.45, 7) is 8.26. The number of nitrogens with one attached hydrogen (secondary N) is 1. The van der Waals surface area contributed by atoms with Gasteiger partial charge >= 0.3 is 0 Å². The van der Waals surface area contributed by atoms with E-state index in [2.05, 4.69) is 62.9 Å². The van der Waals surface area contributed by atoms with Gasteiger partial charge in [0.25, 0.3) is 0 Å². The first-order valence-corrected chi connectivity index (χ1v) is 8.57. The zero-order chi connectivity index (χ0) is 17.0. The molecule has 0 unspecified atom stereocenters. The monoisotopic (exact) mass is 325 g/mol. The number of rotatable bonds is 4. The Kier molecular flexibility index (Phi) is 4.88. The fourth-order valence-electron chi connectivity index (χ4n) is 3.21. The van der Waals surface area contributed by atoms with E-state index in [9.17, 15) is 0 Å². The van der Waals surface area contributed by atoms with Crippen LogP contribution in [0.4, 0.5) is 0 Å². The van der Waals surface area contributed by atoms with Crippen LogP contribution < -0.4 is 5.32 Å². The normalized spacial score (nSPS) is 17.3. The number of imidazole rings is 1. The third-order valence-corrected chi connectivity index (χ3v) is 4.59. The molecule has 0 radical (unpaired) electrons. The van der Waals surface area contributed by atoms with Crippen LogP contribution in [0.25, 0.3) is 0 Å². The lowest BCUT2D eigenvalue weighted by Gasteiger charge is -2.23. The highest BCUT2D eigenvalue weighted by Gasteiger charge is 2.30. The van der Waals surface area contributed by atoms with Gasteiger partial charge in [-0.05, 0) is 17.4 Å². The van der Waals surface area contributed by atoms with E-state index in [0.717, 1.165) is 31.4 Å². The van der Waals surface area contributed by atoms with Gasteiger partial charge in [0.15, 0.2) is 5.96 Å². The largest absolute Gasteiger partial charge is 0.349 e. The summed E-state index contributed by atoms with van der Waals surface area (Å²) >= 11 is 0. The van der Waals surface area contributed by atoms with Crippen molar-refractivity contribution in [1.82, 2.24) is 19.8 Å². The van der Waals surface area contributed by atoms with Gasteiger partial charge in [0.05, 0.1) is 6.54 Å². The average molecular weight is 325 g/mol. The smallest absolute Gasteiger partial charge is 0.194 e. The summed E-state index contributed by atoms with van der Waals surface area (Å²) in [5.41, 5.74) is 1.64. The lowest BCUT2D eigenvalue weighted by Crippen LogP contribution is -2.40. The summed E-state index contributed by atoms with van der Waals surface area (Å²) in [5.74, 6) is 1.99. The molecular weight excluding hydrogens is 298 g/mol. The van der Waals surface area contributed by atoms with E-state index in [1.54, 1.807) is 0 Å². The fourth-order valence-corrected chi connectivity index (χ4v) is 3.21. The predicted octanol–water partition coefficient (Wildman–Crippen LogP) is 2.74. The molecule has 2 heterocycles. The van der Waals surface area contributed by atoms with Gasteiger partial charge in [0, 0.05) is 39.1 Å². The molecule has 0 aliphatic carbocycles. The van der Waals surface area contributed by atoms with Gasteiger partial charge in [-0.2, -0.15) is 0 Å². The molecule has 0 saturated carbocycles. The maximum atomic E-state index is 4.50. The number of benzene rings is 1. The second-order valence-electron chi connectivity index (χ2n) is 7.19. The molecule has 3 rings (SSSR count). The minimum atomic E-state index is 0.364. The van der Waals surface area contributed by atoms with E-state index in [1.165, 1.54) is 12.0 Å². The number of nitrogens with zero attached hydrogens (tertiary/aromatic N) is 4. The highest BCUT2D eigenvalue weighted by Crippen LogP contribution is 2.28. The number of hydrogen-bond acceptors (Lipinski definition) is 2. The summed E-state index contributed by atoms with van der Waals surface area (Å²) in [6.07, 6.45) is 5.10. The number of aromatic nitrogens is 2. The molecule has 0 bridgehead atoms. The number of likely N-dealkylation sites (tertiary alicyclic amines) is 1. The number of hydrogen-bond donors (Lipinski definition) is 1. The second kappa shape index (κ2) is 7.07. The third-order valence-electron chi connectivity index (χ3n) is 4.59. The molecule has 24 heavy (non-hydrogen) atoms. The van der Waals surface area contributed by atoms with E-state index >= 15 is 0 Å². The van der Waals surface area contributed by atoms with Crippen LogP contribution in [-0.4, -0.2) is 40.5 Å². The standard InChI is InChI=1S/C19H27N5/c1-19(2)9-11-24(15-19)18(20-3)22-13-17-21-10-12-23(17)14-16-7-5-4-6-8-16/h4-8,10,12H,9,11,13-15H2,1-3H3,(H,20,22). The molecule has 128 valence electrons. The predicted molar refractivity (Wildman–Crippen MR) is 97.9 cm³/mol. The topological polar surface area (TPSA) is 45.5 Å². The van der Waals surface area contributed by atoms with Gasteiger partial charge in [-0.1, -0.05) is 44.2 Å². The molecular formula is C19H27N5. The summed E-state index contributed by atoms with van der Waals surface area (Å²) in [5, 5.41) is 3.47. The Morgan fingerprint density at radius 2 is 2.08 bits per heavy atom. The molecule has 1 aliphatic rings. The van der Waals surface area contributed by atoms with Crippen molar-refractivity contribution >= 4 is 5.96 Å². The molecule has 1 saturated heterocycles. The van der Waals surface area contributed by atoms with Gasteiger partial charge < -0.3 is 14.8 Å². The Morgan fingerprint density at radius 3 is 2.75 bits per heavy atom. The summed E-state index contributed by atoms with van der Waals surface area (Å²) in [7, 11) is 1.85. The highest BCUT2D eigenvalue weighted by atomic mass is 15.3. The Morgan fingerprint density at radius 1 is 1.29 bits per heavy atom. The lowest BCUT2D eigenvalue weighted by molar-refractivity contribution is 0.369. The van der Waals surface area contributed by atoms with Gasteiger partial charge in [0.2, 0.25) is 0 Å². The first-order valence-electron chi connectivity index (χ1n) is 8.57. The average Bonchev–Trinajstić information content (AvgIpc) is 3.15. The summed E-state index contributed by atoms with van der Waals surface area (Å²) < 4.78 is 2.18. The van der Waals surface area contributed by atoms with Crippen molar-refractivity contribution in [3.8, 4) is 0 Å². The van der Waals surface area contributed by atoms with Crippen molar-refractivity contribution in [1.29, 1.82) is 0 Å². The van der Waals surface area contributed by atoms with Gasteiger partial charge in [-0.15, -0.1) is 0 Å². The van der Waals surface area contributed by atoms with Crippen LogP contribution in [-0.2, 0) is 13.1 Å². The van der Waals surface area contributed by atoms with E-state index < -0.39 is 0 Å². The molecule has 2 aromatic rings. The van der Waals surface area contributed by atoms with E-state index in [0.29, 0.717) is 12.0 Å². The molecule has 5 heteroatoms.